The van der Waals surface area contributed by atoms with Gasteiger partial charge in [-0.1, -0.05) is 12.1 Å². The van der Waals surface area contributed by atoms with Crippen molar-refractivity contribution in [3.05, 3.63) is 59.7 Å². The highest BCUT2D eigenvalue weighted by Crippen LogP contribution is 2.24. The minimum Gasteiger partial charge on any atom is -0.492 e. The minimum absolute atomic E-state index is 0.204. The predicted molar refractivity (Wildman–Crippen MR) is 105 cm³/mol. The van der Waals surface area contributed by atoms with Crippen molar-refractivity contribution >= 4 is 21.6 Å². The quantitative estimate of drug-likeness (QED) is 0.800. The summed E-state index contributed by atoms with van der Waals surface area (Å²) in [5, 5.41) is 4.25. The van der Waals surface area contributed by atoms with E-state index in [4.69, 9.17) is 4.74 Å². The number of hydrogen-bond donors (Lipinski definition) is 1. The lowest BCUT2D eigenvalue weighted by Crippen LogP contribution is -2.28. The normalized spacial score (nSPS) is 18.5. The molecule has 2 aromatic rings. The van der Waals surface area contributed by atoms with Crippen LogP contribution in [-0.4, -0.2) is 44.0 Å². The number of fused-ring (bicyclic) bond motifs is 1. The lowest BCUT2D eigenvalue weighted by Gasteiger charge is -2.18. The van der Waals surface area contributed by atoms with E-state index < -0.39 is 10.0 Å². The van der Waals surface area contributed by atoms with Gasteiger partial charge in [-0.3, -0.25) is 4.79 Å². The van der Waals surface area contributed by atoms with Crippen LogP contribution in [0.1, 0.15) is 35.2 Å². The highest BCUT2D eigenvalue weighted by atomic mass is 32.2. The number of nitrogens with zero attached hydrogens (tertiary/aromatic N) is 2. The third kappa shape index (κ3) is 3.65. The Kier molecular flexibility index (Phi) is 5.15. The van der Waals surface area contributed by atoms with E-state index in [2.05, 4.69) is 10.5 Å². The van der Waals surface area contributed by atoms with Crippen molar-refractivity contribution in [3.8, 4) is 5.75 Å². The van der Waals surface area contributed by atoms with E-state index in [9.17, 15) is 13.2 Å². The molecular weight excluding hydrogens is 378 g/mol. The Hall–Kier alpha value is -2.71. The molecule has 0 bridgehead atoms. The second-order valence-electron chi connectivity index (χ2n) is 6.73. The van der Waals surface area contributed by atoms with Gasteiger partial charge in [-0.2, -0.15) is 9.41 Å². The zero-order valence-corrected chi connectivity index (χ0v) is 16.1. The van der Waals surface area contributed by atoms with E-state index in [0.29, 0.717) is 31.7 Å². The van der Waals surface area contributed by atoms with Gasteiger partial charge in [0.05, 0.1) is 17.2 Å². The van der Waals surface area contributed by atoms with Gasteiger partial charge in [0.15, 0.2) is 0 Å². The highest BCUT2D eigenvalue weighted by Gasteiger charge is 2.27. The summed E-state index contributed by atoms with van der Waals surface area (Å²) in [7, 11) is -3.48. The molecular formula is C20H21N3O4S. The van der Waals surface area contributed by atoms with Crippen LogP contribution in [0.3, 0.4) is 0 Å². The Balaban J connectivity index is 1.48. The van der Waals surface area contributed by atoms with Gasteiger partial charge >= 0.3 is 0 Å². The summed E-state index contributed by atoms with van der Waals surface area (Å²) in [5.41, 5.74) is 4.52. The first-order chi connectivity index (χ1) is 13.6. The minimum atomic E-state index is -3.48. The average Bonchev–Trinajstić information content (AvgIpc) is 3.28. The topological polar surface area (TPSA) is 88.1 Å². The van der Waals surface area contributed by atoms with E-state index in [1.54, 1.807) is 0 Å². The fourth-order valence-electron chi connectivity index (χ4n) is 3.38. The van der Waals surface area contributed by atoms with Gasteiger partial charge in [-0.15, -0.1) is 0 Å². The lowest BCUT2D eigenvalue weighted by atomic mass is 10.0. The number of nitrogens with one attached hydrogen (secondary N) is 1. The molecule has 4 rings (SSSR count). The zero-order valence-electron chi connectivity index (χ0n) is 15.3. The van der Waals surface area contributed by atoms with E-state index in [1.807, 2.05) is 24.3 Å². The van der Waals surface area contributed by atoms with Crippen molar-refractivity contribution in [1.82, 2.24) is 9.73 Å². The number of rotatable bonds is 4. The van der Waals surface area contributed by atoms with Crippen LogP contribution < -0.4 is 10.2 Å². The van der Waals surface area contributed by atoms with Gasteiger partial charge in [0.2, 0.25) is 10.0 Å². The standard InChI is InChI=1S/C20H21N3O4S/c24-20(22-21-18-11-14-27-19-6-2-1-5-17(18)19)15-7-9-16(10-8-15)28(25,26)23-12-3-4-13-23/h1-2,5-10H,3-4,11-14H2,(H,22,24). The van der Waals surface area contributed by atoms with Crippen LogP contribution in [0.5, 0.6) is 5.75 Å². The fourth-order valence-corrected chi connectivity index (χ4v) is 4.90. The third-order valence-electron chi connectivity index (χ3n) is 4.91. The Bertz CT molecular complexity index is 1010. The molecule has 0 unspecified atom stereocenters. The Morgan fingerprint density at radius 3 is 2.50 bits per heavy atom. The van der Waals surface area contributed by atoms with Gasteiger partial charge in [-0.05, 0) is 49.2 Å². The first-order valence-electron chi connectivity index (χ1n) is 9.25. The molecule has 2 aromatic carbocycles. The van der Waals surface area contributed by atoms with Crippen LogP contribution in [0, 0.1) is 0 Å². The number of ether oxygens (including phenoxy) is 1. The van der Waals surface area contributed by atoms with Crippen molar-refractivity contribution in [2.45, 2.75) is 24.2 Å². The molecule has 2 aliphatic rings. The first-order valence-corrected chi connectivity index (χ1v) is 10.7. The smallest absolute Gasteiger partial charge is 0.271 e. The number of hydrazone groups is 1. The van der Waals surface area contributed by atoms with Gasteiger partial charge in [0.25, 0.3) is 5.91 Å². The molecule has 0 spiro atoms. The molecule has 0 radical (unpaired) electrons. The van der Waals surface area contributed by atoms with Crippen molar-refractivity contribution in [3.63, 3.8) is 0 Å². The molecule has 28 heavy (non-hydrogen) atoms. The van der Waals surface area contributed by atoms with Gasteiger partial charge < -0.3 is 4.74 Å². The molecule has 1 saturated heterocycles. The molecule has 2 aliphatic heterocycles. The van der Waals surface area contributed by atoms with Gasteiger partial charge in [0, 0.05) is 30.6 Å². The summed E-state index contributed by atoms with van der Waals surface area (Å²) < 4.78 is 32.2. The Morgan fingerprint density at radius 1 is 1.04 bits per heavy atom. The summed E-state index contributed by atoms with van der Waals surface area (Å²) in [6, 6.07) is 13.5. The Morgan fingerprint density at radius 2 is 1.75 bits per heavy atom. The number of amides is 1. The number of carbonyl (C=O) groups is 1. The largest absolute Gasteiger partial charge is 0.492 e. The van der Waals surface area contributed by atoms with Crippen molar-refractivity contribution < 1.29 is 17.9 Å². The van der Waals surface area contributed by atoms with Gasteiger partial charge in [-0.25, -0.2) is 13.8 Å². The maximum atomic E-state index is 12.6. The fraction of sp³-hybridized carbons (Fsp3) is 0.300. The molecule has 1 N–H and O–H groups in total. The SMILES string of the molecule is O=C(NN=C1CCOc2ccccc21)c1ccc(S(=O)(=O)N2CCCC2)cc1. The molecule has 7 nitrogen and oxygen atoms in total. The monoisotopic (exact) mass is 399 g/mol. The van der Waals surface area contributed by atoms with Crippen molar-refractivity contribution in [2.75, 3.05) is 19.7 Å². The number of sulfonamides is 1. The number of para-hydroxylation sites is 1. The van der Waals surface area contributed by atoms with Crippen molar-refractivity contribution in [1.29, 1.82) is 0 Å². The van der Waals surface area contributed by atoms with Crippen LogP contribution in [0.4, 0.5) is 0 Å². The van der Waals surface area contributed by atoms with E-state index >= 15 is 0 Å². The third-order valence-corrected chi connectivity index (χ3v) is 6.82. The maximum Gasteiger partial charge on any atom is 0.271 e. The molecule has 1 amide bonds. The molecule has 0 aliphatic carbocycles. The van der Waals surface area contributed by atoms with Crippen LogP contribution in [0.15, 0.2) is 58.5 Å². The second-order valence-corrected chi connectivity index (χ2v) is 8.67. The van der Waals surface area contributed by atoms with Crippen LogP contribution in [0.25, 0.3) is 0 Å². The van der Waals surface area contributed by atoms with E-state index in [-0.39, 0.29) is 10.8 Å². The van der Waals surface area contributed by atoms with Crippen molar-refractivity contribution in [2.24, 2.45) is 5.10 Å². The number of benzene rings is 2. The summed E-state index contributed by atoms with van der Waals surface area (Å²) >= 11 is 0. The molecule has 1 fully saturated rings. The summed E-state index contributed by atoms with van der Waals surface area (Å²) in [5.74, 6) is 0.361. The molecule has 0 atom stereocenters. The molecule has 0 aromatic heterocycles. The first kappa shape index (κ1) is 18.6. The summed E-state index contributed by atoms with van der Waals surface area (Å²) in [4.78, 5) is 12.6. The second kappa shape index (κ2) is 7.73. The average molecular weight is 399 g/mol. The molecule has 8 heteroatoms. The summed E-state index contributed by atoms with van der Waals surface area (Å²) in [6.45, 7) is 1.61. The number of carbonyl (C=O) groups excluding carboxylic acids is 1. The molecule has 2 heterocycles. The highest BCUT2D eigenvalue weighted by molar-refractivity contribution is 7.89. The van der Waals surface area contributed by atoms with E-state index in [0.717, 1.165) is 29.9 Å². The maximum absolute atomic E-state index is 12.6. The lowest BCUT2D eigenvalue weighted by molar-refractivity contribution is 0.0954. The summed E-state index contributed by atoms with van der Waals surface area (Å²) in [6.07, 6.45) is 2.37. The van der Waals surface area contributed by atoms with E-state index in [1.165, 1.54) is 28.6 Å². The van der Waals surface area contributed by atoms with Crippen LogP contribution in [-0.2, 0) is 10.0 Å². The zero-order chi connectivity index (χ0) is 19.6. The van der Waals surface area contributed by atoms with Crippen LogP contribution >= 0.6 is 0 Å². The number of hydrogen-bond acceptors (Lipinski definition) is 5. The van der Waals surface area contributed by atoms with Gasteiger partial charge in [0.1, 0.15) is 5.75 Å². The predicted octanol–water partition coefficient (Wildman–Crippen LogP) is 2.39. The Labute approximate surface area is 164 Å². The van der Waals surface area contributed by atoms with Crippen LogP contribution in [0.2, 0.25) is 0 Å². The molecule has 0 saturated carbocycles. The molecule has 146 valence electrons.